The molecule has 0 saturated carbocycles. The maximum Gasteiger partial charge on any atom is 0.329 e. The first-order valence-electron chi connectivity index (χ1n) is 9.03. The lowest BCUT2D eigenvalue weighted by Gasteiger charge is -2.42. The number of carbonyl (C=O) groups is 2. The van der Waals surface area contributed by atoms with Gasteiger partial charge in [-0.2, -0.15) is 0 Å². The van der Waals surface area contributed by atoms with Gasteiger partial charge in [-0.3, -0.25) is 9.69 Å². The zero-order chi connectivity index (χ0) is 20.1. The molecule has 0 saturated heterocycles. The summed E-state index contributed by atoms with van der Waals surface area (Å²) in [4.78, 5) is 27.0. The van der Waals surface area contributed by atoms with E-state index in [-0.39, 0.29) is 5.56 Å². The number of carbonyl (C=O) groups excluding carboxylic acids is 2. The smallest absolute Gasteiger partial charge is 0.329 e. The zero-order valence-corrected chi connectivity index (χ0v) is 17.0. The Labute approximate surface area is 171 Å². The highest BCUT2D eigenvalue weighted by Gasteiger charge is 2.52. The molecule has 1 heterocycles. The first-order valence-corrected chi connectivity index (χ1v) is 9.82. The van der Waals surface area contributed by atoms with Crippen LogP contribution in [0.3, 0.4) is 0 Å². The van der Waals surface area contributed by atoms with Crippen molar-refractivity contribution >= 4 is 39.2 Å². The van der Waals surface area contributed by atoms with E-state index in [1.54, 1.807) is 48.5 Å². The molecule has 0 spiro atoms. The van der Waals surface area contributed by atoms with E-state index in [2.05, 4.69) is 26.6 Å². The minimum atomic E-state index is -2.20. The van der Waals surface area contributed by atoms with Crippen LogP contribution in [0.4, 0.5) is 16.2 Å². The number of anilines is 2. The van der Waals surface area contributed by atoms with Crippen LogP contribution in [0.25, 0.3) is 0 Å². The predicted octanol–water partition coefficient (Wildman–Crippen LogP) is 3.19. The highest BCUT2D eigenvalue weighted by atomic mass is 79.9. The number of rotatable bonds is 7. The van der Waals surface area contributed by atoms with Gasteiger partial charge in [-0.25, -0.2) is 4.79 Å². The third-order valence-electron chi connectivity index (χ3n) is 4.41. The van der Waals surface area contributed by atoms with Crippen molar-refractivity contribution in [2.75, 3.05) is 30.0 Å². The maximum absolute atomic E-state index is 13.1. The summed E-state index contributed by atoms with van der Waals surface area (Å²) in [7, 11) is 0. The van der Waals surface area contributed by atoms with Crippen molar-refractivity contribution in [3.8, 4) is 0 Å². The van der Waals surface area contributed by atoms with E-state index < -0.39 is 17.7 Å². The van der Waals surface area contributed by atoms with Crippen LogP contribution >= 0.6 is 15.9 Å². The number of ether oxygens (including phenoxy) is 1. The maximum atomic E-state index is 13.1. The second-order valence-corrected chi connectivity index (χ2v) is 7.19. The van der Waals surface area contributed by atoms with Gasteiger partial charge in [0.25, 0.3) is 11.6 Å². The number of fused-ring (bicyclic) bond motifs is 1. The van der Waals surface area contributed by atoms with Crippen molar-refractivity contribution in [3.05, 3.63) is 58.6 Å². The summed E-state index contributed by atoms with van der Waals surface area (Å²) in [5, 5.41) is 17.1. The van der Waals surface area contributed by atoms with Crippen molar-refractivity contribution < 1.29 is 19.4 Å². The highest BCUT2D eigenvalue weighted by Crippen LogP contribution is 2.40. The van der Waals surface area contributed by atoms with E-state index >= 15 is 0 Å². The first-order chi connectivity index (χ1) is 13.5. The number of nitrogens with one attached hydrogen (secondary N) is 2. The molecule has 1 aliphatic heterocycles. The summed E-state index contributed by atoms with van der Waals surface area (Å²) in [6, 6.07) is 13.0. The Bertz CT molecular complexity index is 862. The molecule has 0 unspecified atom stereocenters. The number of hydrogen-bond donors (Lipinski definition) is 3. The van der Waals surface area contributed by atoms with E-state index in [0.29, 0.717) is 42.0 Å². The molecule has 0 fully saturated rings. The summed E-state index contributed by atoms with van der Waals surface area (Å²) in [5.41, 5.74) is -1.13. The Balaban J connectivity index is 1.99. The number of halogens is 1. The molecule has 0 aromatic heterocycles. The quantitative estimate of drug-likeness (QED) is 0.568. The number of nitrogens with zero attached hydrogens (tertiary/aromatic N) is 1. The van der Waals surface area contributed by atoms with Crippen LogP contribution in [0.2, 0.25) is 0 Å². The van der Waals surface area contributed by atoms with Crippen molar-refractivity contribution in [1.29, 1.82) is 0 Å². The minimum absolute atomic E-state index is 0.285. The molecule has 1 aliphatic rings. The number of hydrogen-bond acceptors (Lipinski definition) is 4. The zero-order valence-electron chi connectivity index (χ0n) is 15.4. The molecule has 7 nitrogen and oxygen atoms in total. The average Bonchev–Trinajstić information content (AvgIpc) is 2.69. The molecular weight excluding hydrogens is 426 g/mol. The second-order valence-electron chi connectivity index (χ2n) is 6.27. The van der Waals surface area contributed by atoms with Gasteiger partial charge in [0.15, 0.2) is 0 Å². The molecule has 1 atom stereocenters. The van der Waals surface area contributed by atoms with Gasteiger partial charge in [-0.1, -0.05) is 34.1 Å². The molecular formula is C20H22BrN3O4. The number of aliphatic hydroxyl groups is 1. The van der Waals surface area contributed by atoms with Gasteiger partial charge in [0.2, 0.25) is 0 Å². The predicted molar refractivity (Wildman–Crippen MR) is 110 cm³/mol. The van der Waals surface area contributed by atoms with Crippen LogP contribution in [0.5, 0.6) is 0 Å². The third kappa shape index (κ3) is 3.89. The fraction of sp³-hybridized carbons (Fsp3) is 0.300. The monoisotopic (exact) mass is 447 g/mol. The molecule has 3 N–H and O–H groups in total. The number of urea groups is 1. The topological polar surface area (TPSA) is 90.9 Å². The molecule has 2 aromatic carbocycles. The molecule has 0 bridgehead atoms. The van der Waals surface area contributed by atoms with Crippen LogP contribution in [-0.2, 0) is 15.3 Å². The number of amides is 3. The summed E-state index contributed by atoms with van der Waals surface area (Å²) < 4.78 is 5.95. The summed E-state index contributed by atoms with van der Waals surface area (Å²) in [6.07, 6.45) is 0.596. The first kappa shape index (κ1) is 20.3. The second kappa shape index (κ2) is 8.72. The Kier molecular flexibility index (Phi) is 6.33. The lowest BCUT2D eigenvalue weighted by Crippen LogP contribution is -2.62. The molecule has 2 aromatic rings. The van der Waals surface area contributed by atoms with E-state index in [0.717, 1.165) is 4.90 Å². The largest absolute Gasteiger partial charge is 0.382 e. The van der Waals surface area contributed by atoms with Crippen molar-refractivity contribution in [1.82, 2.24) is 5.32 Å². The standard InChI is InChI=1S/C20H22BrN3O4/c1-2-28-12-6-11-22-18(25)20(27)16-13-14(21)9-10-17(16)23-19(26)24(20)15-7-4-3-5-8-15/h3-5,7-10,13,27H,2,6,11-12H2,1H3,(H,22,25)(H,23,26)/t20-/m1/s1. The Morgan fingerprint density at radius 1 is 1.29 bits per heavy atom. The van der Waals surface area contributed by atoms with Gasteiger partial charge in [-0.05, 0) is 43.7 Å². The molecule has 148 valence electrons. The van der Waals surface area contributed by atoms with Gasteiger partial charge < -0.3 is 20.5 Å². The van der Waals surface area contributed by atoms with Gasteiger partial charge in [-0.15, -0.1) is 0 Å². The van der Waals surface area contributed by atoms with Crippen LogP contribution in [-0.4, -0.2) is 36.8 Å². The molecule has 8 heteroatoms. The van der Waals surface area contributed by atoms with Crippen molar-refractivity contribution in [2.45, 2.75) is 19.1 Å². The van der Waals surface area contributed by atoms with Crippen LogP contribution in [0, 0.1) is 0 Å². The van der Waals surface area contributed by atoms with Gasteiger partial charge in [0, 0.05) is 35.5 Å². The third-order valence-corrected chi connectivity index (χ3v) is 4.90. The number of benzene rings is 2. The van der Waals surface area contributed by atoms with Gasteiger partial charge in [0.05, 0.1) is 5.69 Å². The molecule has 3 amide bonds. The van der Waals surface area contributed by atoms with Gasteiger partial charge >= 0.3 is 6.03 Å². The Morgan fingerprint density at radius 3 is 2.75 bits per heavy atom. The normalized spacial score (nSPS) is 18.4. The summed E-state index contributed by atoms with van der Waals surface area (Å²) in [5.74, 6) is -0.679. The number of para-hydroxylation sites is 1. The van der Waals surface area contributed by atoms with Crippen LogP contribution in [0.1, 0.15) is 18.9 Å². The van der Waals surface area contributed by atoms with Gasteiger partial charge in [0.1, 0.15) is 0 Å². The molecule has 28 heavy (non-hydrogen) atoms. The molecule has 0 aliphatic carbocycles. The van der Waals surface area contributed by atoms with E-state index in [4.69, 9.17) is 4.74 Å². The van der Waals surface area contributed by atoms with Crippen LogP contribution in [0.15, 0.2) is 53.0 Å². The Morgan fingerprint density at radius 2 is 2.04 bits per heavy atom. The van der Waals surface area contributed by atoms with E-state index in [1.165, 1.54) is 0 Å². The Hall–Kier alpha value is -2.42. The lowest BCUT2D eigenvalue weighted by molar-refractivity contribution is -0.140. The highest BCUT2D eigenvalue weighted by molar-refractivity contribution is 9.10. The minimum Gasteiger partial charge on any atom is -0.382 e. The van der Waals surface area contributed by atoms with Crippen LogP contribution < -0.4 is 15.5 Å². The van der Waals surface area contributed by atoms with Crippen molar-refractivity contribution in [3.63, 3.8) is 0 Å². The summed E-state index contributed by atoms with van der Waals surface area (Å²) >= 11 is 3.37. The van der Waals surface area contributed by atoms with E-state index in [9.17, 15) is 14.7 Å². The SMILES string of the molecule is CCOCCCNC(=O)[C@]1(O)c2cc(Br)ccc2NC(=O)N1c1ccccc1. The van der Waals surface area contributed by atoms with Crippen molar-refractivity contribution in [2.24, 2.45) is 0 Å². The average molecular weight is 448 g/mol. The van der Waals surface area contributed by atoms with E-state index in [1.807, 2.05) is 6.92 Å². The molecule has 0 radical (unpaired) electrons. The molecule has 3 rings (SSSR count). The fourth-order valence-electron chi connectivity index (χ4n) is 3.10. The fourth-order valence-corrected chi connectivity index (χ4v) is 3.46. The lowest BCUT2D eigenvalue weighted by atomic mass is 9.94. The summed E-state index contributed by atoms with van der Waals surface area (Å²) in [6.45, 7) is 3.31.